The van der Waals surface area contributed by atoms with Crippen molar-refractivity contribution in [3.05, 3.63) is 23.8 Å². The Morgan fingerprint density at radius 1 is 1.60 bits per heavy atom. The van der Waals surface area contributed by atoms with Gasteiger partial charge in [-0.1, -0.05) is 23.8 Å². The number of hydrogen-bond donors (Lipinski definition) is 2. The van der Waals surface area contributed by atoms with Crippen molar-refractivity contribution in [3.8, 4) is 0 Å². The van der Waals surface area contributed by atoms with Gasteiger partial charge in [-0.3, -0.25) is 0 Å². The van der Waals surface area contributed by atoms with Crippen LogP contribution in [0.2, 0.25) is 5.82 Å². The lowest BCUT2D eigenvalue weighted by molar-refractivity contribution is 0.391. The molecule has 0 spiro atoms. The van der Waals surface area contributed by atoms with Crippen LogP contribution in [-0.4, -0.2) is 17.2 Å². The summed E-state index contributed by atoms with van der Waals surface area (Å²) in [6, 6.07) is 0. The fourth-order valence-corrected chi connectivity index (χ4v) is 1.11. The Morgan fingerprint density at radius 2 is 2.30 bits per heavy atom. The molecule has 1 rings (SSSR count). The maximum atomic E-state index is 8.83. The average Bonchev–Trinajstić information content (AvgIpc) is 1.88. The number of allylic oxidation sites excluding steroid dienone is 4. The Balaban J connectivity index is 2.64. The summed E-state index contributed by atoms with van der Waals surface area (Å²) in [5, 5.41) is 17.7. The first-order valence-electron chi connectivity index (χ1n) is 3.41. The van der Waals surface area contributed by atoms with E-state index in [2.05, 4.69) is 0 Å². The van der Waals surface area contributed by atoms with Crippen molar-refractivity contribution in [2.24, 2.45) is 0 Å². The maximum absolute atomic E-state index is 8.83. The molecule has 0 bridgehead atoms. The lowest BCUT2D eigenvalue weighted by atomic mass is 9.66. The Morgan fingerprint density at radius 3 is 2.70 bits per heavy atom. The van der Waals surface area contributed by atoms with E-state index in [9.17, 15) is 0 Å². The van der Waals surface area contributed by atoms with Crippen molar-refractivity contribution < 1.29 is 10.0 Å². The van der Waals surface area contributed by atoms with Gasteiger partial charge in [-0.05, 0) is 13.3 Å². The highest BCUT2D eigenvalue weighted by Crippen LogP contribution is 2.26. The van der Waals surface area contributed by atoms with Gasteiger partial charge in [0.1, 0.15) is 0 Å². The van der Waals surface area contributed by atoms with Crippen molar-refractivity contribution in [3.63, 3.8) is 0 Å². The molecule has 1 aliphatic rings. The van der Waals surface area contributed by atoms with E-state index in [0.29, 0.717) is 0 Å². The number of hydrogen-bond acceptors (Lipinski definition) is 2. The van der Waals surface area contributed by atoms with E-state index in [1.54, 1.807) is 0 Å². The second kappa shape index (κ2) is 3.04. The zero-order valence-corrected chi connectivity index (χ0v) is 5.99. The Labute approximate surface area is 61.0 Å². The molecule has 54 valence electrons. The summed E-state index contributed by atoms with van der Waals surface area (Å²) in [7, 11) is -1.21. The molecule has 1 aliphatic carbocycles. The van der Waals surface area contributed by atoms with Crippen molar-refractivity contribution in [2.75, 3.05) is 0 Å². The Bertz CT molecular complexity index is 172. The predicted molar refractivity (Wildman–Crippen MR) is 41.5 cm³/mol. The van der Waals surface area contributed by atoms with E-state index in [1.807, 2.05) is 25.2 Å². The van der Waals surface area contributed by atoms with Gasteiger partial charge in [0.05, 0.1) is 0 Å². The molecule has 3 heteroatoms. The van der Waals surface area contributed by atoms with Crippen LogP contribution in [0.15, 0.2) is 23.8 Å². The second-order valence-electron chi connectivity index (χ2n) is 2.59. The van der Waals surface area contributed by atoms with Gasteiger partial charge < -0.3 is 10.0 Å². The van der Waals surface area contributed by atoms with Crippen LogP contribution in [0.4, 0.5) is 0 Å². The summed E-state index contributed by atoms with van der Waals surface area (Å²) in [5.41, 5.74) is 1.04. The van der Waals surface area contributed by atoms with Crippen LogP contribution in [0.25, 0.3) is 0 Å². The summed E-state index contributed by atoms with van der Waals surface area (Å²) in [4.78, 5) is 0. The normalized spacial score (nSPS) is 24.3. The molecule has 2 nitrogen and oxygen atoms in total. The quantitative estimate of drug-likeness (QED) is 0.524. The second-order valence-corrected chi connectivity index (χ2v) is 2.59. The smallest absolute Gasteiger partial charge is 0.427 e. The van der Waals surface area contributed by atoms with Crippen LogP contribution in [0.1, 0.15) is 13.3 Å². The predicted octanol–water partition coefficient (Wildman–Crippen LogP) is 0.736. The first-order chi connectivity index (χ1) is 4.72. The van der Waals surface area contributed by atoms with Crippen LogP contribution in [0, 0.1) is 0 Å². The molecule has 0 aliphatic heterocycles. The monoisotopic (exact) mass is 138 g/mol. The number of rotatable bonds is 1. The van der Waals surface area contributed by atoms with Gasteiger partial charge in [-0.15, -0.1) is 0 Å². The van der Waals surface area contributed by atoms with Crippen molar-refractivity contribution in [1.29, 1.82) is 0 Å². The summed E-state index contributed by atoms with van der Waals surface area (Å²) in [5.74, 6) is -0.0926. The summed E-state index contributed by atoms with van der Waals surface area (Å²) in [6.07, 6.45) is 6.53. The maximum Gasteiger partial charge on any atom is 0.459 e. The van der Waals surface area contributed by atoms with E-state index in [0.717, 1.165) is 12.0 Å². The molecule has 0 radical (unpaired) electrons. The van der Waals surface area contributed by atoms with Crippen LogP contribution < -0.4 is 0 Å². The molecule has 10 heavy (non-hydrogen) atoms. The van der Waals surface area contributed by atoms with E-state index in [4.69, 9.17) is 10.0 Å². The van der Waals surface area contributed by atoms with Gasteiger partial charge >= 0.3 is 7.12 Å². The zero-order chi connectivity index (χ0) is 7.56. The first-order valence-corrected chi connectivity index (χ1v) is 3.41. The molecule has 0 aromatic rings. The van der Waals surface area contributed by atoms with Crippen LogP contribution in [0.3, 0.4) is 0 Å². The Hall–Kier alpha value is -0.535. The molecule has 0 fully saturated rings. The Kier molecular flexibility index (Phi) is 2.30. The topological polar surface area (TPSA) is 40.5 Å². The van der Waals surface area contributed by atoms with Gasteiger partial charge in [0.2, 0.25) is 0 Å². The minimum absolute atomic E-state index is 0.0926. The van der Waals surface area contributed by atoms with Gasteiger partial charge in [0, 0.05) is 5.82 Å². The minimum Gasteiger partial charge on any atom is -0.427 e. The third-order valence-corrected chi connectivity index (χ3v) is 1.83. The highest BCUT2D eigenvalue weighted by atomic mass is 16.4. The highest BCUT2D eigenvalue weighted by Gasteiger charge is 2.24. The lowest BCUT2D eigenvalue weighted by Gasteiger charge is -2.16. The molecule has 0 saturated heterocycles. The summed E-state index contributed by atoms with van der Waals surface area (Å²) >= 11 is 0. The van der Waals surface area contributed by atoms with Gasteiger partial charge in [-0.25, -0.2) is 0 Å². The summed E-state index contributed by atoms with van der Waals surface area (Å²) < 4.78 is 0. The van der Waals surface area contributed by atoms with E-state index in [-0.39, 0.29) is 5.82 Å². The molecule has 1 atom stereocenters. The SMILES string of the molecule is CC1=CC=CCC1B(O)O. The molecule has 0 aromatic heterocycles. The van der Waals surface area contributed by atoms with Gasteiger partial charge in [0.25, 0.3) is 0 Å². The fourth-order valence-electron chi connectivity index (χ4n) is 1.11. The molecule has 0 amide bonds. The molecular formula is C7H11BO2. The molecule has 0 saturated carbocycles. The van der Waals surface area contributed by atoms with Crippen molar-refractivity contribution in [1.82, 2.24) is 0 Å². The molecule has 2 N–H and O–H groups in total. The van der Waals surface area contributed by atoms with Crippen molar-refractivity contribution in [2.45, 2.75) is 19.2 Å². The standard InChI is InChI=1S/C7H11BO2/c1-6-4-2-3-5-7(6)8(9)10/h2-4,7,9-10H,5H2,1H3. The molecule has 0 heterocycles. The molecule has 1 unspecified atom stereocenters. The molecular weight excluding hydrogens is 127 g/mol. The van der Waals surface area contributed by atoms with Crippen LogP contribution in [-0.2, 0) is 0 Å². The van der Waals surface area contributed by atoms with E-state index in [1.165, 1.54) is 0 Å². The first kappa shape index (κ1) is 7.57. The largest absolute Gasteiger partial charge is 0.459 e. The highest BCUT2D eigenvalue weighted by molar-refractivity contribution is 6.44. The third kappa shape index (κ3) is 1.49. The zero-order valence-electron chi connectivity index (χ0n) is 5.99. The van der Waals surface area contributed by atoms with E-state index < -0.39 is 7.12 Å². The third-order valence-electron chi connectivity index (χ3n) is 1.83. The van der Waals surface area contributed by atoms with E-state index >= 15 is 0 Å². The van der Waals surface area contributed by atoms with Crippen LogP contribution >= 0.6 is 0 Å². The minimum atomic E-state index is -1.21. The molecule has 0 aromatic carbocycles. The van der Waals surface area contributed by atoms with Crippen LogP contribution in [0.5, 0.6) is 0 Å². The average molecular weight is 138 g/mol. The lowest BCUT2D eigenvalue weighted by Crippen LogP contribution is -2.21. The van der Waals surface area contributed by atoms with Gasteiger partial charge in [-0.2, -0.15) is 0 Å². The summed E-state index contributed by atoms with van der Waals surface area (Å²) in [6.45, 7) is 1.91. The van der Waals surface area contributed by atoms with Crippen molar-refractivity contribution >= 4 is 7.12 Å². The fraction of sp³-hybridized carbons (Fsp3) is 0.429. The van der Waals surface area contributed by atoms with Gasteiger partial charge in [0.15, 0.2) is 0 Å².